The van der Waals surface area contributed by atoms with Crippen molar-refractivity contribution in [3.63, 3.8) is 0 Å². The highest BCUT2D eigenvalue weighted by Crippen LogP contribution is 2.57. The SMILES string of the molecule is COc1cc(O)c2c(c1)C(=O)c1c(cc3c(c1O)-c1c(cc(C)c(C(=O)N[C@H](CO)C(=O)O)c1O)[C@H](O[C@@H]1O[C@H](C)[C@H](N(C)C)[C@H](O)[C@H]1O)[C@H]3O)C2=O. The van der Waals surface area contributed by atoms with Crippen molar-refractivity contribution in [1.82, 2.24) is 10.2 Å². The summed E-state index contributed by atoms with van der Waals surface area (Å²) in [5, 5.41) is 89.6. The molecule has 8 atom stereocenters. The van der Waals surface area contributed by atoms with Crippen LogP contribution in [0.4, 0.5) is 0 Å². The van der Waals surface area contributed by atoms with E-state index in [-0.39, 0.29) is 33.6 Å². The number of carbonyl (C=O) groups excluding carboxylic acids is 3. The van der Waals surface area contributed by atoms with Gasteiger partial charge in [0.15, 0.2) is 23.9 Å². The van der Waals surface area contributed by atoms with Crippen molar-refractivity contribution in [2.75, 3.05) is 27.8 Å². The summed E-state index contributed by atoms with van der Waals surface area (Å²) in [5.74, 6) is -6.87. The number of benzene rings is 3. The van der Waals surface area contributed by atoms with E-state index in [4.69, 9.17) is 14.2 Å². The monoisotopic (exact) mass is 738 g/mol. The van der Waals surface area contributed by atoms with Crippen LogP contribution in [0.2, 0.25) is 0 Å². The van der Waals surface area contributed by atoms with E-state index in [9.17, 15) is 60.0 Å². The van der Waals surface area contributed by atoms with Gasteiger partial charge in [-0.2, -0.15) is 0 Å². The van der Waals surface area contributed by atoms with Crippen LogP contribution in [0.5, 0.6) is 23.0 Å². The van der Waals surface area contributed by atoms with Crippen LogP contribution < -0.4 is 10.1 Å². The lowest BCUT2D eigenvalue weighted by atomic mass is 9.74. The maximum absolute atomic E-state index is 14.0. The summed E-state index contributed by atoms with van der Waals surface area (Å²) in [6, 6.07) is 2.23. The number of amides is 1. The molecular formula is C36H38N2O15. The van der Waals surface area contributed by atoms with Crippen molar-refractivity contribution in [2.45, 2.75) is 62.7 Å². The third-order valence-corrected chi connectivity index (χ3v) is 9.99. The molecule has 282 valence electrons. The number of carboxylic acids is 1. The third kappa shape index (κ3) is 5.86. The molecule has 0 unspecified atom stereocenters. The largest absolute Gasteiger partial charge is 0.507 e. The van der Waals surface area contributed by atoms with Crippen molar-refractivity contribution < 1.29 is 74.2 Å². The van der Waals surface area contributed by atoms with Crippen LogP contribution in [-0.2, 0) is 14.3 Å². The molecule has 17 nitrogen and oxygen atoms in total. The number of aryl methyl sites for hydroxylation is 1. The smallest absolute Gasteiger partial charge is 0.328 e. The van der Waals surface area contributed by atoms with Gasteiger partial charge in [-0.15, -0.1) is 0 Å². The first-order valence-corrected chi connectivity index (χ1v) is 16.4. The zero-order valence-electron chi connectivity index (χ0n) is 29.0. The van der Waals surface area contributed by atoms with Crippen LogP contribution in [0.3, 0.4) is 0 Å². The van der Waals surface area contributed by atoms with E-state index >= 15 is 0 Å². The molecule has 0 bridgehead atoms. The average molecular weight is 739 g/mol. The highest BCUT2D eigenvalue weighted by atomic mass is 16.7. The van der Waals surface area contributed by atoms with Crippen LogP contribution in [0.25, 0.3) is 11.1 Å². The van der Waals surface area contributed by atoms with Crippen LogP contribution in [-0.4, -0.2) is 134 Å². The summed E-state index contributed by atoms with van der Waals surface area (Å²) in [5.41, 5.74) is -3.32. The van der Waals surface area contributed by atoms with Gasteiger partial charge in [-0.3, -0.25) is 14.4 Å². The van der Waals surface area contributed by atoms with Gasteiger partial charge in [0.05, 0.1) is 42.6 Å². The van der Waals surface area contributed by atoms with Crippen molar-refractivity contribution in [3.05, 3.63) is 68.8 Å². The number of carboxylic acid groups (broad SMARTS) is 1. The number of hydrogen-bond acceptors (Lipinski definition) is 15. The van der Waals surface area contributed by atoms with E-state index in [0.717, 1.165) is 12.1 Å². The number of aliphatic hydroxyl groups is 4. The molecule has 0 saturated carbocycles. The first-order valence-electron chi connectivity index (χ1n) is 16.4. The molecule has 0 aromatic heterocycles. The topological polar surface area (TPSA) is 273 Å². The molecule has 53 heavy (non-hydrogen) atoms. The molecule has 3 aliphatic rings. The molecular weight excluding hydrogens is 700 g/mol. The number of rotatable bonds is 8. The molecule has 9 N–H and O–H groups in total. The van der Waals surface area contributed by atoms with E-state index in [1.54, 1.807) is 25.9 Å². The lowest BCUT2D eigenvalue weighted by Gasteiger charge is -2.46. The number of phenolic OH excluding ortho intramolecular Hbond substituents is 3. The summed E-state index contributed by atoms with van der Waals surface area (Å²) in [6.45, 7) is 2.00. The van der Waals surface area contributed by atoms with Gasteiger partial charge < -0.3 is 65.3 Å². The average Bonchev–Trinajstić information content (AvgIpc) is 3.09. The van der Waals surface area contributed by atoms with Gasteiger partial charge in [0.2, 0.25) is 0 Å². The lowest BCUT2D eigenvalue weighted by molar-refractivity contribution is -0.302. The number of aromatic hydroxyl groups is 3. The number of fused-ring (bicyclic) bond motifs is 5. The van der Waals surface area contributed by atoms with Gasteiger partial charge in [-0.25, -0.2) is 4.79 Å². The third-order valence-electron chi connectivity index (χ3n) is 9.99. The zero-order valence-corrected chi connectivity index (χ0v) is 29.0. The summed E-state index contributed by atoms with van der Waals surface area (Å²) in [6.07, 6.45) is -8.81. The molecule has 3 aromatic rings. The normalized spacial score (nSPS) is 25.2. The Bertz CT molecular complexity index is 2060. The highest BCUT2D eigenvalue weighted by molar-refractivity contribution is 6.31. The molecule has 1 fully saturated rings. The second kappa shape index (κ2) is 13.7. The minimum absolute atomic E-state index is 0.0106. The van der Waals surface area contributed by atoms with Crippen LogP contribution >= 0.6 is 0 Å². The molecule has 3 aromatic carbocycles. The van der Waals surface area contributed by atoms with Crippen LogP contribution in [0.15, 0.2) is 24.3 Å². The van der Waals surface area contributed by atoms with Gasteiger partial charge in [-0.1, -0.05) is 6.07 Å². The summed E-state index contributed by atoms with van der Waals surface area (Å²) < 4.78 is 17.2. The summed E-state index contributed by atoms with van der Waals surface area (Å²) in [7, 11) is 4.62. The van der Waals surface area contributed by atoms with Gasteiger partial charge in [0.1, 0.15) is 47.4 Å². The maximum atomic E-state index is 14.0. The Labute approximate surface area is 301 Å². The molecule has 1 heterocycles. The van der Waals surface area contributed by atoms with Crippen LogP contribution in [0, 0.1) is 6.92 Å². The number of nitrogens with zero attached hydrogens (tertiary/aromatic N) is 1. The van der Waals surface area contributed by atoms with Gasteiger partial charge in [0, 0.05) is 28.3 Å². The first kappa shape index (κ1) is 37.6. The molecule has 1 aliphatic heterocycles. The lowest BCUT2D eigenvalue weighted by Crippen LogP contribution is -2.62. The number of ether oxygens (including phenoxy) is 3. The molecule has 0 radical (unpaired) electrons. The van der Waals surface area contributed by atoms with E-state index in [0.29, 0.717) is 0 Å². The van der Waals surface area contributed by atoms with Crippen molar-refractivity contribution in [2.24, 2.45) is 0 Å². The van der Waals surface area contributed by atoms with Gasteiger partial charge in [0.25, 0.3) is 5.91 Å². The van der Waals surface area contributed by atoms with E-state index in [2.05, 4.69) is 5.32 Å². The number of phenols is 3. The summed E-state index contributed by atoms with van der Waals surface area (Å²) >= 11 is 0. The number of methoxy groups -OCH3 is 1. The second-order valence-corrected chi connectivity index (χ2v) is 13.4. The fraction of sp³-hybridized carbons (Fsp3) is 0.389. The summed E-state index contributed by atoms with van der Waals surface area (Å²) in [4.78, 5) is 54.5. The van der Waals surface area contributed by atoms with Crippen molar-refractivity contribution in [3.8, 4) is 34.1 Å². The Hall–Kier alpha value is -5.14. The Kier molecular flexibility index (Phi) is 9.71. The number of carbonyl (C=O) groups is 4. The first-order chi connectivity index (χ1) is 24.9. The fourth-order valence-corrected chi connectivity index (χ4v) is 7.49. The number of ketones is 2. The van der Waals surface area contributed by atoms with E-state index in [1.165, 1.54) is 26.2 Å². The van der Waals surface area contributed by atoms with E-state index in [1.807, 2.05) is 0 Å². The van der Waals surface area contributed by atoms with Crippen molar-refractivity contribution >= 4 is 23.4 Å². The maximum Gasteiger partial charge on any atom is 0.328 e. The molecule has 0 spiro atoms. The molecule has 1 amide bonds. The van der Waals surface area contributed by atoms with Gasteiger partial charge in [-0.05, 0) is 56.8 Å². The zero-order chi connectivity index (χ0) is 39.0. The van der Waals surface area contributed by atoms with Gasteiger partial charge >= 0.3 is 5.97 Å². The highest BCUT2D eigenvalue weighted by Gasteiger charge is 2.49. The Morgan fingerprint density at radius 3 is 2.13 bits per heavy atom. The van der Waals surface area contributed by atoms with Crippen LogP contribution in [0.1, 0.15) is 78.0 Å². The number of nitrogens with one attached hydrogen (secondary N) is 1. The quantitative estimate of drug-likeness (QED) is 0.117. The second-order valence-electron chi connectivity index (χ2n) is 13.4. The standard InChI is InChI=1S/C36H38N2O15/c1-11-6-17-23(29(44)20(11)34(48)37-18(10-39)35(49)50)22-15(28(43)33(17)53-36-32(47)31(46)25(38(3)4)12(2)52-36)9-16-24(30(22)45)27(42)14-7-13(51-5)8-19(40)21(14)26(16)41/h6-9,12,18,25,28,31-33,36,39-40,43-47H,10H2,1-5H3,(H,37,48)(H,49,50)/t12-,18-,25+,28+,31+,32-,33+,36+/m1/s1. The minimum Gasteiger partial charge on any atom is -0.507 e. The Balaban J connectivity index is 1.58. The number of hydrogen-bond donors (Lipinski definition) is 9. The minimum atomic E-state index is -1.83. The number of aliphatic carboxylic acids is 1. The molecule has 1 saturated heterocycles. The number of aliphatic hydroxyl groups excluding tert-OH is 4. The fourth-order valence-electron chi connectivity index (χ4n) is 7.49. The molecule has 17 heteroatoms. The Morgan fingerprint density at radius 1 is 0.906 bits per heavy atom. The van der Waals surface area contributed by atoms with Crippen molar-refractivity contribution in [1.29, 1.82) is 0 Å². The Morgan fingerprint density at radius 2 is 1.53 bits per heavy atom. The van der Waals surface area contributed by atoms with E-state index < -0.39 is 124 Å². The molecule has 2 aliphatic carbocycles. The molecule has 6 rings (SSSR count). The number of likely N-dealkylation sites (N-methyl/N-ethyl adjacent to an activating group) is 1. The predicted molar refractivity (Wildman–Crippen MR) is 180 cm³/mol. The predicted octanol–water partition coefficient (Wildman–Crippen LogP) is 0.240.